The molecule has 3 aromatic rings. The predicted octanol–water partition coefficient (Wildman–Crippen LogP) is 5.57. The Hall–Kier alpha value is -3.96. The van der Waals surface area contributed by atoms with Crippen molar-refractivity contribution in [2.24, 2.45) is 0 Å². The molecule has 0 bridgehead atoms. The van der Waals surface area contributed by atoms with Gasteiger partial charge in [0.1, 0.15) is 50.9 Å². The number of hydrogen-bond acceptors (Lipinski definition) is 8. The van der Waals surface area contributed by atoms with Crippen molar-refractivity contribution in [2.75, 3.05) is 49.2 Å². The summed E-state index contributed by atoms with van der Waals surface area (Å²) in [5, 5.41) is 8.84. The maximum absolute atomic E-state index is 13.1. The van der Waals surface area contributed by atoms with Gasteiger partial charge in [0.15, 0.2) is 0 Å². The Labute approximate surface area is 224 Å². The third kappa shape index (κ3) is 6.25. The highest BCUT2D eigenvalue weighted by Gasteiger charge is 2.22. The minimum Gasteiger partial charge on any atom is -0.495 e. The average molecular weight is 549 g/mol. The van der Waals surface area contributed by atoms with E-state index in [1.165, 1.54) is 45.7 Å². The standard InChI is InChI=1S/C24H26Cl2N6O5/c1-6-19(33)29-13-8-7-9-14(35-3)22(13)30-17-11-18(28-12-27-17)32(2)24(34)31-23-20(25)15(36-4)10-16(37-5)21(23)26/h7-12H,6H2,1-5H3,(H,29,33)(H,31,34)(H,27,28,30). The van der Waals surface area contributed by atoms with Crippen LogP contribution in [0.15, 0.2) is 36.7 Å². The maximum Gasteiger partial charge on any atom is 0.327 e. The van der Waals surface area contributed by atoms with Gasteiger partial charge in [-0.1, -0.05) is 36.2 Å². The lowest BCUT2D eigenvalue weighted by atomic mass is 10.2. The zero-order chi connectivity index (χ0) is 27.1. The zero-order valence-corrected chi connectivity index (χ0v) is 22.3. The number of halogens is 2. The molecule has 2 aromatic carbocycles. The molecule has 0 unspecified atom stereocenters. The molecular formula is C24H26Cl2N6O5. The van der Waals surface area contributed by atoms with Crippen molar-refractivity contribution in [3.05, 3.63) is 46.7 Å². The molecule has 0 aliphatic carbocycles. The van der Waals surface area contributed by atoms with E-state index < -0.39 is 6.03 Å². The highest BCUT2D eigenvalue weighted by atomic mass is 35.5. The molecule has 196 valence electrons. The fourth-order valence-corrected chi connectivity index (χ4v) is 3.79. The van der Waals surface area contributed by atoms with Gasteiger partial charge >= 0.3 is 6.03 Å². The first-order chi connectivity index (χ1) is 17.7. The molecule has 13 heteroatoms. The summed E-state index contributed by atoms with van der Waals surface area (Å²) < 4.78 is 15.9. The molecule has 1 aromatic heterocycles. The Morgan fingerprint density at radius 1 is 0.919 bits per heavy atom. The van der Waals surface area contributed by atoms with Gasteiger partial charge in [0.05, 0.1) is 32.7 Å². The van der Waals surface area contributed by atoms with Crippen LogP contribution in [0.4, 0.5) is 33.5 Å². The van der Waals surface area contributed by atoms with Crippen LogP contribution in [0.2, 0.25) is 10.0 Å². The van der Waals surface area contributed by atoms with Gasteiger partial charge in [0.2, 0.25) is 5.91 Å². The van der Waals surface area contributed by atoms with E-state index in [9.17, 15) is 9.59 Å². The lowest BCUT2D eigenvalue weighted by Gasteiger charge is -2.20. The molecular weight excluding hydrogens is 523 g/mol. The highest BCUT2D eigenvalue weighted by molar-refractivity contribution is 6.41. The molecule has 0 spiro atoms. The summed E-state index contributed by atoms with van der Waals surface area (Å²) in [4.78, 5) is 34.7. The van der Waals surface area contributed by atoms with Crippen LogP contribution in [0.3, 0.4) is 0 Å². The quantitative estimate of drug-likeness (QED) is 0.316. The molecule has 3 N–H and O–H groups in total. The number of methoxy groups -OCH3 is 3. The number of para-hydroxylation sites is 1. The van der Waals surface area contributed by atoms with Crippen LogP contribution in [0.1, 0.15) is 13.3 Å². The van der Waals surface area contributed by atoms with E-state index in [0.29, 0.717) is 29.4 Å². The van der Waals surface area contributed by atoms with E-state index in [2.05, 4.69) is 25.9 Å². The number of benzene rings is 2. The van der Waals surface area contributed by atoms with Crippen molar-refractivity contribution >= 4 is 63.8 Å². The van der Waals surface area contributed by atoms with Crippen molar-refractivity contribution in [3.8, 4) is 17.2 Å². The second-order valence-corrected chi connectivity index (χ2v) is 8.20. The van der Waals surface area contributed by atoms with Gasteiger partial charge in [-0.2, -0.15) is 0 Å². The number of anilines is 5. The van der Waals surface area contributed by atoms with Crippen molar-refractivity contribution in [1.29, 1.82) is 0 Å². The second-order valence-electron chi connectivity index (χ2n) is 7.44. The van der Waals surface area contributed by atoms with Crippen molar-refractivity contribution in [1.82, 2.24) is 9.97 Å². The van der Waals surface area contributed by atoms with Gasteiger partial charge in [-0.25, -0.2) is 14.8 Å². The number of amides is 3. The third-order valence-corrected chi connectivity index (χ3v) is 5.95. The first kappa shape index (κ1) is 27.6. The monoisotopic (exact) mass is 548 g/mol. The Bertz CT molecular complexity index is 1280. The van der Waals surface area contributed by atoms with Gasteiger partial charge in [-0.15, -0.1) is 0 Å². The third-order valence-electron chi connectivity index (χ3n) is 5.20. The van der Waals surface area contributed by atoms with Gasteiger partial charge in [-0.3, -0.25) is 9.69 Å². The number of rotatable bonds is 9. The molecule has 0 radical (unpaired) electrons. The number of nitrogens with one attached hydrogen (secondary N) is 3. The van der Waals surface area contributed by atoms with Gasteiger partial charge in [-0.05, 0) is 12.1 Å². The fourth-order valence-electron chi connectivity index (χ4n) is 3.19. The predicted molar refractivity (Wildman–Crippen MR) is 144 cm³/mol. The Kier molecular flexibility index (Phi) is 9.20. The zero-order valence-electron chi connectivity index (χ0n) is 20.8. The first-order valence-electron chi connectivity index (χ1n) is 10.9. The van der Waals surface area contributed by atoms with Crippen LogP contribution < -0.4 is 35.1 Å². The van der Waals surface area contributed by atoms with Crippen molar-refractivity contribution in [2.45, 2.75) is 13.3 Å². The minimum absolute atomic E-state index is 0.109. The Balaban J connectivity index is 1.88. The topological polar surface area (TPSA) is 127 Å². The normalized spacial score (nSPS) is 10.4. The molecule has 0 aliphatic rings. The van der Waals surface area contributed by atoms with Crippen LogP contribution in [0.25, 0.3) is 0 Å². The van der Waals surface area contributed by atoms with Crippen LogP contribution in [0.5, 0.6) is 17.2 Å². The average Bonchev–Trinajstić information content (AvgIpc) is 2.91. The van der Waals surface area contributed by atoms with Gasteiger partial charge < -0.3 is 30.2 Å². The molecule has 0 saturated heterocycles. The van der Waals surface area contributed by atoms with Crippen LogP contribution in [-0.2, 0) is 4.79 Å². The van der Waals surface area contributed by atoms with E-state index >= 15 is 0 Å². The summed E-state index contributed by atoms with van der Waals surface area (Å²) in [6.07, 6.45) is 1.59. The highest BCUT2D eigenvalue weighted by Crippen LogP contribution is 2.44. The molecule has 0 fully saturated rings. The number of carbonyl (C=O) groups excluding carboxylic acids is 2. The summed E-state index contributed by atoms with van der Waals surface area (Å²) in [6, 6.07) is 7.70. The lowest BCUT2D eigenvalue weighted by molar-refractivity contribution is -0.115. The molecule has 0 aliphatic heterocycles. The van der Waals surface area contributed by atoms with Crippen LogP contribution in [0, 0.1) is 0 Å². The molecule has 3 rings (SSSR count). The van der Waals surface area contributed by atoms with E-state index in [1.807, 2.05) is 0 Å². The van der Waals surface area contributed by atoms with Crippen LogP contribution in [-0.4, -0.2) is 50.3 Å². The SMILES string of the molecule is CCC(=O)Nc1cccc(OC)c1Nc1cc(N(C)C(=O)Nc2c(Cl)c(OC)cc(OC)c2Cl)ncn1. The summed E-state index contributed by atoms with van der Waals surface area (Å²) in [5.41, 5.74) is 1.12. The number of nitrogens with zero attached hydrogens (tertiary/aromatic N) is 3. The molecule has 11 nitrogen and oxygen atoms in total. The van der Waals surface area contributed by atoms with Gasteiger partial charge in [0.25, 0.3) is 0 Å². The van der Waals surface area contributed by atoms with Crippen molar-refractivity contribution in [3.63, 3.8) is 0 Å². The smallest absolute Gasteiger partial charge is 0.327 e. The largest absolute Gasteiger partial charge is 0.495 e. The summed E-state index contributed by atoms with van der Waals surface area (Å²) in [6.45, 7) is 1.75. The number of carbonyl (C=O) groups is 2. The fraction of sp³-hybridized carbons (Fsp3) is 0.250. The summed E-state index contributed by atoms with van der Waals surface area (Å²) in [7, 11) is 5.89. The molecule has 0 atom stereocenters. The van der Waals surface area contributed by atoms with E-state index in [4.69, 9.17) is 37.4 Å². The van der Waals surface area contributed by atoms with Crippen molar-refractivity contribution < 1.29 is 23.8 Å². The van der Waals surface area contributed by atoms with Gasteiger partial charge in [0, 0.05) is 25.6 Å². The Morgan fingerprint density at radius 2 is 1.57 bits per heavy atom. The minimum atomic E-state index is -0.586. The summed E-state index contributed by atoms with van der Waals surface area (Å²) in [5.74, 6) is 1.47. The van der Waals surface area contributed by atoms with Crippen LogP contribution >= 0.6 is 23.2 Å². The Morgan fingerprint density at radius 3 is 2.16 bits per heavy atom. The molecule has 1 heterocycles. The number of hydrogen-bond donors (Lipinski definition) is 3. The van der Waals surface area contributed by atoms with E-state index in [0.717, 1.165) is 0 Å². The summed E-state index contributed by atoms with van der Waals surface area (Å²) >= 11 is 12.7. The molecule has 37 heavy (non-hydrogen) atoms. The van der Waals surface area contributed by atoms with E-state index in [1.54, 1.807) is 31.2 Å². The second kappa shape index (κ2) is 12.3. The molecule has 3 amide bonds. The number of urea groups is 1. The lowest BCUT2D eigenvalue weighted by Crippen LogP contribution is -2.32. The van der Waals surface area contributed by atoms with E-state index in [-0.39, 0.29) is 39.0 Å². The number of aromatic nitrogens is 2. The molecule has 0 saturated carbocycles. The maximum atomic E-state index is 13.1. The number of ether oxygens (including phenoxy) is 3. The first-order valence-corrected chi connectivity index (χ1v) is 11.7.